The van der Waals surface area contributed by atoms with Gasteiger partial charge in [0.15, 0.2) is 0 Å². The van der Waals surface area contributed by atoms with Gasteiger partial charge in [-0.05, 0) is 31.0 Å². The molecule has 0 aromatic heterocycles. The molecule has 0 saturated carbocycles. The fourth-order valence-electron chi connectivity index (χ4n) is 1.04. The van der Waals surface area contributed by atoms with Gasteiger partial charge in [0.1, 0.15) is 12.4 Å². The standard InChI is InChI=1S/C11H16ClNO/c1-3-9(13)7-14-11-5-4-8(2)6-10(11)12/h4-6,9H,3,7,13H2,1-2H3. The molecule has 0 heterocycles. The molecule has 1 rings (SSSR count). The maximum absolute atomic E-state index is 5.99. The van der Waals surface area contributed by atoms with E-state index in [1.54, 1.807) is 0 Å². The quantitative estimate of drug-likeness (QED) is 0.835. The molecular formula is C11H16ClNO. The first-order valence-corrected chi connectivity index (χ1v) is 5.15. The molecule has 0 saturated heterocycles. The molecule has 0 aliphatic heterocycles. The molecule has 1 unspecified atom stereocenters. The Morgan fingerprint density at radius 3 is 2.79 bits per heavy atom. The van der Waals surface area contributed by atoms with E-state index in [0.29, 0.717) is 17.4 Å². The summed E-state index contributed by atoms with van der Waals surface area (Å²) < 4.78 is 5.49. The molecular weight excluding hydrogens is 198 g/mol. The van der Waals surface area contributed by atoms with Crippen LogP contribution in [0.3, 0.4) is 0 Å². The Labute approximate surface area is 90.0 Å². The third kappa shape index (κ3) is 3.20. The topological polar surface area (TPSA) is 35.2 Å². The van der Waals surface area contributed by atoms with Crippen molar-refractivity contribution in [2.75, 3.05) is 6.61 Å². The fourth-order valence-corrected chi connectivity index (χ4v) is 1.33. The first-order chi connectivity index (χ1) is 6.63. The molecule has 1 aromatic rings. The highest BCUT2D eigenvalue weighted by Crippen LogP contribution is 2.25. The van der Waals surface area contributed by atoms with Gasteiger partial charge in [0.25, 0.3) is 0 Å². The minimum atomic E-state index is 0.0763. The zero-order chi connectivity index (χ0) is 10.6. The van der Waals surface area contributed by atoms with Crippen LogP contribution < -0.4 is 10.5 Å². The van der Waals surface area contributed by atoms with Gasteiger partial charge in [0.2, 0.25) is 0 Å². The van der Waals surface area contributed by atoms with Crippen molar-refractivity contribution in [1.29, 1.82) is 0 Å². The van der Waals surface area contributed by atoms with Crippen molar-refractivity contribution in [2.45, 2.75) is 26.3 Å². The van der Waals surface area contributed by atoms with E-state index in [-0.39, 0.29) is 6.04 Å². The molecule has 0 amide bonds. The molecule has 2 nitrogen and oxygen atoms in total. The summed E-state index contributed by atoms with van der Waals surface area (Å²) >= 11 is 5.99. The van der Waals surface area contributed by atoms with Crippen LogP contribution in [0.15, 0.2) is 18.2 Å². The molecule has 0 bridgehead atoms. The number of hydrogen-bond acceptors (Lipinski definition) is 2. The lowest BCUT2D eigenvalue weighted by Crippen LogP contribution is -2.26. The summed E-state index contributed by atoms with van der Waals surface area (Å²) in [6.45, 7) is 4.54. The van der Waals surface area contributed by atoms with E-state index in [9.17, 15) is 0 Å². The van der Waals surface area contributed by atoms with Crippen LogP contribution in [0, 0.1) is 6.92 Å². The zero-order valence-corrected chi connectivity index (χ0v) is 9.34. The highest BCUT2D eigenvalue weighted by atomic mass is 35.5. The Balaban J connectivity index is 2.59. The van der Waals surface area contributed by atoms with Gasteiger partial charge >= 0.3 is 0 Å². The highest BCUT2D eigenvalue weighted by Gasteiger charge is 2.04. The second-order valence-corrected chi connectivity index (χ2v) is 3.82. The molecule has 0 spiro atoms. The summed E-state index contributed by atoms with van der Waals surface area (Å²) in [7, 11) is 0. The van der Waals surface area contributed by atoms with E-state index >= 15 is 0 Å². The highest BCUT2D eigenvalue weighted by molar-refractivity contribution is 6.32. The summed E-state index contributed by atoms with van der Waals surface area (Å²) in [4.78, 5) is 0. The molecule has 0 radical (unpaired) electrons. The van der Waals surface area contributed by atoms with Gasteiger partial charge in [-0.15, -0.1) is 0 Å². The van der Waals surface area contributed by atoms with Gasteiger partial charge in [-0.25, -0.2) is 0 Å². The number of aryl methyl sites for hydroxylation is 1. The summed E-state index contributed by atoms with van der Waals surface area (Å²) in [5, 5.41) is 0.647. The van der Waals surface area contributed by atoms with Gasteiger partial charge < -0.3 is 10.5 Å². The molecule has 14 heavy (non-hydrogen) atoms. The lowest BCUT2D eigenvalue weighted by Gasteiger charge is -2.12. The van der Waals surface area contributed by atoms with E-state index < -0.39 is 0 Å². The van der Waals surface area contributed by atoms with E-state index in [1.165, 1.54) is 0 Å². The number of halogens is 1. The molecule has 0 aliphatic carbocycles. The first kappa shape index (κ1) is 11.3. The molecule has 3 heteroatoms. The third-order valence-corrected chi connectivity index (χ3v) is 2.36. The van der Waals surface area contributed by atoms with Gasteiger partial charge in [-0.1, -0.05) is 24.6 Å². The smallest absolute Gasteiger partial charge is 0.137 e. The Kier molecular flexibility index (Phi) is 4.23. The lowest BCUT2D eigenvalue weighted by molar-refractivity contribution is 0.285. The van der Waals surface area contributed by atoms with Crippen LogP contribution >= 0.6 is 11.6 Å². The van der Waals surface area contributed by atoms with Crippen LogP contribution in [0.1, 0.15) is 18.9 Å². The number of ether oxygens (including phenoxy) is 1. The van der Waals surface area contributed by atoms with Crippen molar-refractivity contribution in [2.24, 2.45) is 5.73 Å². The molecule has 0 aliphatic rings. The predicted octanol–water partition coefficient (Wildman–Crippen LogP) is 2.76. The maximum Gasteiger partial charge on any atom is 0.137 e. The van der Waals surface area contributed by atoms with Gasteiger partial charge in [0, 0.05) is 6.04 Å². The van der Waals surface area contributed by atoms with Crippen LogP contribution in [-0.4, -0.2) is 12.6 Å². The van der Waals surface area contributed by atoms with Crippen molar-refractivity contribution in [3.63, 3.8) is 0 Å². The molecule has 1 aromatic carbocycles. The molecule has 1 atom stereocenters. The van der Waals surface area contributed by atoms with Crippen LogP contribution in [0.4, 0.5) is 0 Å². The average molecular weight is 214 g/mol. The van der Waals surface area contributed by atoms with Crippen LogP contribution in [0.5, 0.6) is 5.75 Å². The number of rotatable bonds is 4. The average Bonchev–Trinajstić information content (AvgIpc) is 2.16. The minimum absolute atomic E-state index is 0.0763. The largest absolute Gasteiger partial charge is 0.490 e. The van der Waals surface area contributed by atoms with Crippen LogP contribution in [0.25, 0.3) is 0 Å². The summed E-state index contributed by atoms with van der Waals surface area (Å²) in [6.07, 6.45) is 0.906. The summed E-state index contributed by atoms with van der Waals surface area (Å²) in [5.74, 6) is 0.709. The Morgan fingerprint density at radius 1 is 1.50 bits per heavy atom. The Morgan fingerprint density at radius 2 is 2.21 bits per heavy atom. The monoisotopic (exact) mass is 213 g/mol. The van der Waals surface area contributed by atoms with Gasteiger partial charge in [-0.2, -0.15) is 0 Å². The van der Waals surface area contributed by atoms with E-state index in [2.05, 4.69) is 0 Å². The van der Waals surface area contributed by atoms with Crippen LogP contribution in [0.2, 0.25) is 5.02 Å². The summed E-state index contributed by atoms with van der Waals surface area (Å²) in [6, 6.07) is 5.81. The zero-order valence-electron chi connectivity index (χ0n) is 8.59. The second-order valence-electron chi connectivity index (χ2n) is 3.41. The molecule has 78 valence electrons. The van der Waals surface area contributed by atoms with Gasteiger partial charge in [-0.3, -0.25) is 0 Å². The summed E-state index contributed by atoms with van der Waals surface area (Å²) in [5.41, 5.74) is 6.86. The normalized spacial score (nSPS) is 12.6. The number of hydrogen-bond donors (Lipinski definition) is 1. The van der Waals surface area contributed by atoms with Crippen molar-refractivity contribution in [3.05, 3.63) is 28.8 Å². The fraction of sp³-hybridized carbons (Fsp3) is 0.455. The van der Waals surface area contributed by atoms with Crippen molar-refractivity contribution < 1.29 is 4.74 Å². The maximum atomic E-state index is 5.99. The molecule has 0 fully saturated rings. The Hall–Kier alpha value is -0.730. The van der Waals surface area contributed by atoms with Gasteiger partial charge in [0.05, 0.1) is 5.02 Å². The SMILES string of the molecule is CCC(N)COc1ccc(C)cc1Cl. The number of nitrogens with two attached hydrogens (primary N) is 1. The van der Waals surface area contributed by atoms with E-state index in [4.69, 9.17) is 22.1 Å². The van der Waals surface area contributed by atoms with E-state index in [0.717, 1.165) is 12.0 Å². The second kappa shape index (κ2) is 5.23. The molecule has 2 N–H and O–H groups in total. The van der Waals surface area contributed by atoms with Crippen molar-refractivity contribution in [1.82, 2.24) is 0 Å². The van der Waals surface area contributed by atoms with Crippen molar-refractivity contribution >= 4 is 11.6 Å². The Bertz CT molecular complexity index is 301. The number of benzene rings is 1. The predicted molar refractivity (Wildman–Crippen MR) is 60.0 cm³/mol. The van der Waals surface area contributed by atoms with Crippen LogP contribution in [-0.2, 0) is 0 Å². The lowest BCUT2D eigenvalue weighted by atomic mass is 10.2. The third-order valence-electron chi connectivity index (χ3n) is 2.06. The minimum Gasteiger partial charge on any atom is -0.490 e. The van der Waals surface area contributed by atoms with Crippen molar-refractivity contribution in [3.8, 4) is 5.75 Å². The van der Waals surface area contributed by atoms with E-state index in [1.807, 2.05) is 32.0 Å². The first-order valence-electron chi connectivity index (χ1n) is 4.78.